The number of carbonyl (C=O) groups is 2. The van der Waals surface area contributed by atoms with Gasteiger partial charge in [-0.05, 0) is 73.7 Å². The molecule has 1 atom stereocenters. The zero-order valence-electron chi connectivity index (χ0n) is 24.8. The van der Waals surface area contributed by atoms with Crippen LogP contribution in [0.4, 0.5) is 0 Å². The molecule has 1 unspecified atom stereocenters. The van der Waals surface area contributed by atoms with Gasteiger partial charge in [-0.1, -0.05) is 63.1 Å². The Morgan fingerprint density at radius 3 is 2.26 bits per heavy atom. The molecule has 1 aliphatic heterocycles. The van der Waals surface area contributed by atoms with E-state index in [-0.39, 0.29) is 11.3 Å². The third-order valence-electron chi connectivity index (χ3n) is 7.21. The average Bonchev–Trinajstić information content (AvgIpc) is 3.27. The van der Waals surface area contributed by atoms with Crippen LogP contribution in [0.3, 0.4) is 0 Å². The Bertz CT molecular complexity index is 1370. The van der Waals surface area contributed by atoms with Crippen molar-refractivity contribution in [2.75, 3.05) is 26.4 Å². The van der Waals surface area contributed by atoms with E-state index in [1.54, 1.807) is 29.2 Å². The number of hydrogen-bond donors (Lipinski definition) is 1. The van der Waals surface area contributed by atoms with E-state index in [0.717, 1.165) is 31.2 Å². The number of unbranched alkanes of at least 4 members (excludes halogenated alkanes) is 2. The Morgan fingerprint density at radius 2 is 1.57 bits per heavy atom. The number of ketones is 1. The van der Waals surface area contributed by atoms with Crippen molar-refractivity contribution < 1.29 is 28.9 Å². The van der Waals surface area contributed by atoms with E-state index in [9.17, 15) is 14.7 Å². The molecule has 42 heavy (non-hydrogen) atoms. The van der Waals surface area contributed by atoms with E-state index in [2.05, 4.69) is 6.92 Å². The third kappa shape index (κ3) is 7.32. The van der Waals surface area contributed by atoms with Crippen molar-refractivity contribution in [3.8, 4) is 17.2 Å². The van der Waals surface area contributed by atoms with E-state index in [4.69, 9.17) is 14.2 Å². The maximum Gasteiger partial charge on any atom is 0.295 e. The summed E-state index contributed by atoms with van der Waals surface area (Å²) in [6.45, 7) is 7.95. The number of hydrogen-bond acceptors (Lipinski definition) is 6. The highest BCUT2D eigenvalue weighted by atomic mass is 16.5. The second-order valence-corrected chi connectivity index (χ2v) is 10.3. The molecule has 0 saturated carbocycles. The van der Waals surface area contributed by atoms with Gasteiger partial charge in [0.25, 0.3) is 11.7 Å². The molecule has 7 heteroatoms. The van der Waals surface area contributed by atoms with Crippen LogP contribution in [0.2, 0.25) is 0 Å². The van der Waals surface area contributed by atoms with E-state index in [1.165, 1.54) is 0 Å². The number of amides is 1. The molecular weight excluding hydrogens is 530 g/mol. The van der Waals surface area contributed by atoms with E-state index in [0.29, 0.717) is 61.2 Å². The lowest BCUT2D eigenvalue weighted by molar-refractivity contribution is -0.139. The molecule has 1 saturated heterocycles. The molecule has 1 N–H and O–H groups in total. The van der Waals surface area contributed by atoms with Gasteiger partial charge in [0.15, 0.2) is 11.5 Å². The summed E-state index contributed by atoms with van der Waals surface area (Å²) in [5.41, 5.74) is 2.20. The zero-order chi connectivity index (χ0) is 29.9. The lowest BCUT2D eigenvalue weighted by Gasteiger charge is -2.26. The van der Waals surface area contributed by atoms with Gasteiger partial charge in [-0.3, -0.25) is 9.59 Å². The molecule has 7 nitrogen and oxygen atoms in total. The summed E-state index contributed by atoms with van der Waals surface area (Å²) in [5.74, 6) is 0.246. The minimum atomic E-state index is -0.793. The molecule has 0 bridgehead atoms. The SMILES string of the molecule is CCCCCOc1ccc(C2C(=C(O)c3ccc(OCCC)cc3)C(=O)C(=O)N2CCc2ccccc2)cc1OCC. The summed E-state index contributed by atoms with van der Waals surface area (Å²) < 4.78 is 17.6. The first kappa shape index (κ1) is 30.7. The fraction of sp³-hybridized carbons (Fsp3) is 0.371. The van der Waals surface area contributed by atoms with Crippen molar-refractivity contribution in [2.24, 2.45) is 0 Å². The van der Waals surface area contributed by atoms with Gasteiger partial charge < -0.3 is 24.2 Å². The van der Waals surface area contributed by atoms with Crippen molar-refractivity contribution in [1.29, 1.82) is 0 Å². The van der Waals surface area contributed by atoms with Crippen molar-refractivity contribution in [3.05, 3.63) is 95.1 Å². The molecule has 1 fully saturated rings. The molecule has 0 aromatic heterocycles. The predicted molar refractivity (Wildman–Crippen MR) is 164 cm³/mol. The molecule has 1 heterocycles. The second kappa shape index (κ2) is 15.1. The topological polar surface area (TPSA) is 85.3 Å². The predicted octanol–water partition coefficient (Wildman–Crippen LogP) is 7.11. The summed E-state index contributed by atoms with van der Waals surface area (Å²) >= 11 is 0. The molecule has 222 valence electrons. The van der Waals surface area contributed by atoms with Gasteiger partial charge in [0, 0.05) is 12.1 Å². The van der Waals surface area contributed by atoms with E-state index < -0.39 is 17.7 Å². The maximum atomic E-state index is 13.5. The Kier molecular flexibility index (Phi) is 11.0. The van der Waals surface area contributed by atoms with Crippen LogP contribution >= 0.6 is 0 Å². The Labute approximate surface area is 248 Å². The first-order valence-electron chi connectivity index (χ1n) is 14.9. The van der Waals surface area contributed by atoms with Crippen LogP contribution in [-0.4, -0.2) is 48.1 Å². The average molecular weight is 572 g/mol. The minimum absolute atomic E-state index is 0.0503. The summed E-state index contributed by atoms with van der Waals surface area (Å²) in [6.07, 6.45) is 4.54. The third-order valence-corrected chi connectivity index (χ3v) is 7.21. The van der Waals surface area contributed by atoms with E-state index >= 15 is 0 Å². The lowest BCUT2D eigenvalue weighted by Crippen LogP contribution is -2.31. The summed E-state index contributed by atoms with van der Waals surface area (Å²) in [4.78, 5) is 28.5. The van der Waals surface area contributed by atoms with E-state index in [1.807, 2.05) is 62.4 Å². The zero-order valence-corrected chi connectivity index (χ0v) is 24.8. The number of ether oxygens (including phenoxy) is 3. The first-order chi connectivity index (χ1) is 20.5. The standard InChI is InChI=1S/C35H41NO6/c1-4-7-11-23-42-29-19-16-27(24-30(29)40-6-3)32-31(33(37)26-14-17-28(18-15-26)41-22-5-2)34(38)35(39)36(32)21-20-25-12-9-8-10-13-25/h8-10,12-19,24,32,37H,4-7,11,20-23H2,1-3H3. The molecule has 1 aliphatic rings. The monoisotopic (exact) mass is 571 g/mol. The Hall–Kier alpha value is -4.26. The quantitative estimate of drug-likeness (QED) is 0.0906. The van der Waals surface area contributed by atoms with Gasteiger partial charge in [-0.15, -0.1) is 0 Å². The lowest BCUT2D eigenvalue weighted by atomic mass is 9.94. The molecule has 0 aliphatic carbocycles. The second-order valence-electron chi connectivity index (χ2n) is 10.3. The van der Waals surface area contributed by atoms with Crippen LogP contribution in [-0.2, 0) is 16.0 Å². The molecule has 1 amide bonds. The van der Waals surface area contributed by atoms with Crippen molar-refractivity contribution in [1.82, 2.24) is 4.90 Å². The largest absolute Gasteiger partial charge is 0.507 e. The Morgan fingerprint density at radius 1 is 0.810 bits per heavy atom. The van der Waals surface area contributed by atoms with Crippen molar-refractivity contribution >= 4 is 17.4 Å². The van der Waals surface area contributed by atoms with Crippen LogP contribution < -0.4 is 14.2 Å². The van der Waals surface area contributed by atoms with Crippen molar-refractivity contribution in [3.63, 3.8) is 0 Å². The van der Waals surface area contributed by atoms with Crippen molar-refractivity contribution in [2.45, 2.75) is 58.9 Å². The smallest absolute Gasteiger partial charge is 0.295 e. The molecular formula is C35H41NO6. The first-order valence-corrected chi connectivity index (χ1v) is 14.9. The number of benzene rings is 3. The number of nitrogens with zero attached hydrogens (tertiary/aromatic N) is 1. The normalized spacial score (nSPS) is 16.1. The van der Waals surface area contributed by atoms with Gasteiger partial charge in [0.2, 0.25) is 0 Å². The summed E-state index contributed by atoms with van der Waals surface area (Å²) in [6, 6.07) is 21.4. The maximum absolute atomic E-state index is 13.5. The van der Waals surface area contributed by atoms with Crippen LogP contribution in [0.1, 0.15) is 69.2 Å². The summed E-state index contributed by atoms with van der Waals surface area (Å²) in [5, 5.41) is 11.5. The molecule has 0 radical (unpaired) electrons. The van der Waals surface area contributed by atoms with Crippen LogP contribution in [0.25, 0.3) is 5.76 Å². The number of carbonyl (C=O) groups excluding carboxylic acids is 2. The number of rotatable bonds is 15. The number of likely N-dealkylation sites (tertiary alicyclic amines) is 1. The number of Topliss-reactive ketones (excluding diaryl/α,β-unsaturated/α-hetero) is 1. The van der Waals surface area contributed by atoms with Gasteiger partial charge in [-0.2, -0.15) is 0 Å². The van der Waals surface area contributed by atoms with Crippen LogP contribution in [0.5, 0.6) is 17.2 Å². The van der Waals surface area contributed by atoms with Crippen LogP contribution in [0.15, 0.2) is 78.4 Å². The molecule has 0 spiro atoms. The van der Waals surface area contributed by atoms with Gasteiger partial charge >= 0.3 is 0 Å². The molecule has 3 aromatic carbocycles. The summed E-state index contributed by atoms with van der Waals surface area (Å²) in [7, 11) is 0. The fourth-order valence-corrected chi connectivity index (χ4v) is 5.05. The number of aliphatic hydroxyl groups excluding tert-OH is 1. The Balaban J connectivity index is 1.74. The van der Waals surface area contributed by atoms with Gasteiger partial charge in [0.1, 0.15) is 11.5 Å². The van der Waals surface area contributed by atoms with Crippen LogP contribution in [0, 0.1) is 0 Å². The minimum Gasteiger partial charge on any atom is -0.507 e. The molecule has 3 aromatic rings. The van der Waals surface area contributed by atoms with Gasteiger partial charge in [-0.25, -0.2) is 0 Å². The highest BCUT2D eigenvalue weighted by Crippen LogP contribution is 2.42. The molecule has 4 rings (SSSR count). The van der Waals surface area contributed by atoms with Gasteiger partial charge in [0.05, 0.1) is 31.4 Å². The highest BCUT2D eigenvalue weighted by Gasteiger charge is 2.46. The highest BCUT2D eigenvalue weighted by molar-refractivity contribution is 6.46. The number of aliphatic hydroxyl groups is 1. The fourth-order valence-electron chi connectivity index (χ4n) is 5.05.